The molecule has 1 atom stereocenters. The van der Waals surface area contributed by atoms with Crippen LogP contribution in [-0.4, -0.2) is 49.6 Å². The highest BCUT2D eigenvalue weighted by Crippen LogP contribution is 2.33. The van der Waals surface area contributed by atoms with E-state index in [1.807, 2.05) is 0 Å². The Bertz CT molecular complexity index is 961. The van der Waals surface area contributed by atoms with Crippen LogP contribution in [0.15, 0.2) is 45.9 Å². The second-order valence-electron chi connectivity index (χ2n) is 6.59. The highest BCUT2D eigenvalue weighted by atomic mass is 32.2. The van der Waals surface area contributed by atoms with E-state index in [9.17, 15) is 13.2 Å². The van der Waals surface area contributed by atoms with E-state index < -0.39 is 15.7 Å². The van der Waals surface area contributed by atoms with Gasteiger partial charge in [0.25, 0.3) is 5.91 Å². The molecule has 1 amide bonds. The average molecular weight is 422 g/mol. The molecule has 2 fully saturated rings. The third-order valence-corrected chi connectivity index (χ3v) is 7.44. The van der Waals surface area contributed by atoms with Crippen molar-refractivity contribution in [1.82, 2.24) is 4.98 Å². The van der Waals surface area contributed by atoms with E-state index >= 15 is 0 Å². The zero-order valence-corrected chi connectivity index (χ0v) is 16.5. The van der Waals surface area contributed by atoms with E-state index in [-0.39, 0.29) is 22.0 Å². The molecule has 1 saturated heterocycles. The highest BCUT2D eigenvalue weighted by Gasteiger charge is 2.36. The number of anilines is 1. The van der Waals surface area contributed by atoms with Crippen LogP contribution in [0.3, 0.4) is 0 Å². The minimum Gasteiger partial charge on any atom is -0.389 e. The van der Waals surface area contributed by atoms with Gasteiger partial charge in [0.05, 0.1) is 23.4 Å². The molecular weight excluding hydrogens is 402 g/mol. The first kappa shape index (κ1) is 19.0. The number of oxime groups is 1. The first-order valence-electron chi connectivity index (χ1n) is 8.91. The lowest BCUT2D eigenvalue weighted by molar-refractivity contribution is -0.110. The molecule has 4 rings (SSSR count). The van der Waals surface area contributed by atoms with Gasteiger partial charge in [-0.25, -0.2) is 13.4 Å². The quantitative estimate of drug-likeness (QED) is 0.543. The Kier molecular flexibility index (Phi) is 5.42. The van der Waals surface area contributed by atoms with E-state index in [0.29, 0.717) is 43.2 Å². The molecule has 1 aromatic carbocycles. The molecule has 1 aromatic heterocycles. The predicted molar refractivity (Wildman–Crippen MR) is 104 cm³/mol. The molecular formula is C18H19N3O5S2. The maximum atomic E-state index is 12.7. The molecule has 0 radical (unpaired) electrons. The largest absolute Gasteiger partial charge is 0.389 e. The normalized spacial score (nSPS) is 20.1. The number of ether oxygens (including phenoxy) is 1. The Hall–Kier alpha value is -2.30. The Balaban J connectivity index is 1.58. The number of nitrogens with zero attached hydrogens (tertiary/aromatic N) is 2. The summed E-state index contributed by atoms with van der Waals surface area (Å²) < 4.78 is 30.0. The number of carbonyl (C=O) groups excluding carboxylic acids is 1. The number of sulfone groups is 1. The third kappa shape index (κ3) is 4.23. The number of hydrogen-bond donors (Lipinski definition) is 1. The van der Waals surface area contributed by atoms with Gasteiger partial charge in [-0.3, -0.25) is 10.1 Å². The topological polar surface area (TPSA) is 107 Å². The molecule has 1 saturated carbocycles. The van der Waals surface area contributed by atoms with Gasteiger partial charge in [0.1, 0.15) is 0 Å². The summed E-state index contributed by atoms with van der Waals surface area (Å²) in [6.45, 7) is 1.01. The van der Waals surface area contributed by atoms with Crippen LogP contribution in [0.1, 0.15) is 24.8 Å². The van der Waals surface area contributed by atoms with Crippen LogP contribution in [0.25, 0.3) is 0 Å². The van der Waals surface area contributed by atoms with Crippen molar-refractivity contribution in [1.29, 1.82) is 0 Å². The summed E-state index contributed by atoms with van der Waals surface area (Å²) >= 11 is 1.29. The molecule has 10 heteroatoms. The van der Waals surface area contributed by atoms with E-state index in [4.69, 9.17) is 9.57 Å². The van der Waals surface area contributed by atoms with Gasteiger partial charge in [-0.1, -0.05) is 17.3 Å². The summed E-state index contributed by atoms with van der Waals surface area (Å²) in [4.78, 5) is 22.5. The number of amides is 1. The monoisotopic (exact) mass is 421 g/mol. The first-order valence-corrected chi connectivity index (χ1v) is 11.3. The van der Waals surface area contributed by atoms with Gasteiger partial charge in [-0.2, -0.15) is 0 Å². The molecule has 0 spiro atoms. The number of nitrogens with one attached hydrogen (secondary N) is 1. The second-order valence-corrected chi connectivity index (χ2v) is 9.71. The van der Waals surface area contributed by atoms with Gasteiger partial charge in [0.15, 0.2) is 26.8 Å². The number of thiazole rings is 1. The molecule has 2 heterocycles. The fourth-order valence-corrected chi connectivity index (χ4v) is 4.94. The first-order chi connectivity index (χ1) is 13.5. The zero-order valence-electron chi connectivity index (χ0n) is 14.9. The number of hydrogen-bond acceptors (Lipinski definition) is 8. The maximum Gasteiger partial charge on any atom is 0.280 e. The van der Waals surface area contributed by atoms with Crippen LogP contribution in [0.4, 0.5) is 5.13 Å². The van der Waals surface area contributed by atoms with Crippen LogP contribution in [-0.2, 0) is 24.2 Å². The summed E-state index contributed by atoms with van der Waals surface area (Å²) in [6, 6.07) is 6.16. The lowest BCUT2D eigenvalue weighted by atomic mass is 10.1. The van der Waals surface area contributed by atoms with E-state index in [0.717, 1.165) is 0 Å². The molecule has 1 N–H and O–H groups in total. The number of benzene rings is 1. The van der Waals surface area contributed by atoms with Crippen molar-refractivity contribution >= 4 is 37.9 Å². The van der Waals surface area contributed by atoms with Gasteiger partial charge >= 0.3 is 0 Å². The summed E-state index contributed by atoms with van der Waals surface area (Å²) in [7, 11) is -3.29. The average Bonchev–Trinajstić information content (AvgIpc) is 3.20. The SMILES string of the molecule is O=C(Nc1nccs1)/C(=N/O[C@@H]1CCOC1)c1ccc(S(=O)(=O)C2CC2)cc1. The Morgan fingerprint density at radius 2 is 2.04 bits per heavy atom. The number of carbonyl (C=O) groups is 1. The van der Waals surface area contributed by atoms with E-state index in [2.05, 4.69) is 15.5 Å². The molecule has 8 nitrogen and oxygen atoms in total. The molecule has 0 bridgehead atoms. The van der Waals surface area contributed by atoms with Crippen molar-refractivity contribution in [2.24, 2.45) is 5.16 Å². The summed E-state index contributed by atoms with van der Waals surface area (Å²) in [5.41, 5.74) is 0.514. The zero-order chi connectivity index (χ0) is 19.6. The fourth-order valence-electron chi connectivity index (χ4n) is 2.76. The molecule has 2 aromatic rings. The van der Waals surface area contributed by atoms with Gasteiger partial charge in [-0.15, -0.1) is 11.3 Å². The number of aromatic nitrogens is 1. The van der Waals surface area contributed by atoms with Crippen LogP contribution in [0, 0.1) is 0 Å². The number of rotatable bonds is 7. The van der Waals surface area contributed by atoms with Crippen LogP contribution < -0.4 is 5.32 Å². The lowest BCUT2D eigenvalue weighted by Gasteiger charge is -2.10. The molecule has 0 unspecified atom stereocenters. The van der Waals surface area contributed by atoms with Crippen molar-refractivity contribution in [3.8, 4) is 0 Å². The van der Waals surface area contributed by atoms with Crippen molar-refractivity contribution < 1.29 is 22.8 Å². The summed E-state index contributed by atoms with van der Waals surface area (Å²) in [5, 5.41) is 8.62. The van der Waals surface area contributed by atoms with Crippen LogP contribution in [0.5, 0.6) is 0 Å². The minimum absolute atomic E-state index is 0.0532. The Morgan fingerprint density at radius 3 is 2.64 bits per heavy atom. The summed E-state index contributed by atoms with van der Waals surface area (Å²) in [6.07, 6.45) is 3.47. The highest BCUT2D eigenvalue weighted by molar-refractivity contribution is 7.92. The van der Waals surface area contributed by atoms with Crippen molar-refractivity contribution in [3.63, 3.8) is 0 Å². The van der Waals surface area contributed by atoms with Gasteiger partial charge in [0.2, 0.25) is 0 Å². The van der Waals surface area contributed by atoms with Crippen molar-refractivity contribution in [2.45, 2.75) is 35.5 Å². The van der Waals surface area contributed by atoms with E-state index in [1.165, 1.54) is 23.5 Å². The molecule has 2 aliphatic rings. The van der Waals surface area contributed by atoms with Crippen molar-refractivity contribution in [3.05, 3.63) is 41.4 Å². The lowest BCUT2D eigenvalue weighted by Crippen LogP contribution is -2.25. The predicted octanol–water partition coefficient (Wildman–Crippen LogP) is 2.23. The maximum absolute atomic E-state index is 12.7. The smallest absolute Gasteiger partial charge is 0.280 e. The Labute approximate surface area is 166 Å². The van der Waals surface area contributed by atoms with Crippen LogP contribution in [0.2, 0.25) is 0 Å². The van der Waals surface area contributed by atoms with Gasteiger partial charge < -0.3 is 9.57 Å². The second kappa shape index (κ2) is 7.98. The molecule has 1 aliphatic heterocycles. The van der Waals surface area contributed by atoms with Gasteiger partial charge in [-0.05, 0) is 25.0 Å². The molecule has 148 valence electrons. The minimum atomic E-state index is -3.29. The standard InChI is InChI=1S/C18H19N3O5S2/c22-17(20-18-19-8-10-27-18)16(21-26-13-7-9-25-11-13)12-1-3-14(4-2-12)28(23,24)15-5-6-15/h1-4,8,10,13,15H,5-7,9,11H2,(H,19,20,22)/b21-16+/t13-/m1/s1. The molecule has 1 aliphatic carbocycles. The Morgan fingerprint density at radius 1 is 1.25 bits per heavy atom. The third-order valence-electron chi connectivity index (χ3n) is 4.47. The van der Waals surface area contributed by atoms with Gasteiger partial charge in [0, 0.05) is 23.6 Å². The summed E-state index contributed by atoms with van der Waals surface area (Å²) in [5.74, 6) is -0.480. The fraction of sp³-hybridized carbons (Fsp3) is 0.389. The molecule has 28 heavy (non-hydrogen) atoms. The van der Waals surface area contributed by atoms with Crippen molar-refractivity contribution in [2.75, 3.05) is 18.5 Å². The van der Waals surface area contributed by atoms with Crippen LogP contribution >= 0.6 is 11.3 Å². The van der Waals surface area contributed by atoms with E-state index in [1.54, 1.807) is 23.7 Å².